The topological polar surface area (TPSA) is 46.3 Å². The number of carbonyl (C=O) groups excluding carboxylic acids is 1. The van der Waals surface area contributed by atoms with E-state index in [1.165, 1.54) is 32.1 Å². The fourth-order valence-electron chi connectivity index (χ4n) is 3.78. The van der Waals surface area contributed by atoms with Crippen LogP contribution in [-0.2, 0) is 4.79 Å². The SMILES string of the molecule is NC(=S)C1(C(=O)N2CCC3CCCCC3C2)CC1. The lowest BCUT2D eigenvalue weighted by Crippen LogP contribution is -2.49. The number of carbonyl (C=O) groups is 1. The Labute approximate surface area is 114 Å². The van der Waals surface area contributed by atoms with Crippen LogP contribution in [0.25, 0.3) is 0 Å². The van der Waals surface area contributed by atoms with Gasteiger partial charge >= 0.3 is 0 Å². The lowest BCUT2D eigenvalue weighted by molar-refractivity contribution is -0.137. The number of nitrogens with two attached hydrogens (primary N) is 1. The summed E-state index contributed by atoms with van der Waals surface area (Å²) in [7, 11) is 0. The average Bonchev–Trinajstić information content (AvgIpc) is 3.19. The summed E-state index contributed by atoms with van der Waals surface area (Å²) >= 11 is 5.08. The van der Waals surface area contributed by atoms with Crippen LogP contribution in [0.5, 0.6) is 0 Å². The first kappa shape index (κ1) is 12.4. The quantitative estimate of drug-likeness (QED) is 0.779. The number of likely N-dealkylation sites (tertiary alicyclic amines) is 1. The number of thiocarbonyl (C=S) groups is 1. The van der Waals surface area contributed by atoms with E-state index in [1.807, 2.05) is 0 Å². The molecule has 0 bridgehead atoms. The molecule has 0 radical (unpaired) electrons. The van der Waals surface area contributed by atoms with Crippen molar-refractivity contribution in [1.82, 2.24) is 4.90 Å². The fourth-order valence-corrected chi connectivity index (χ4v) is 4.07. The molecule has 0 aromatic rings. The number of fused-ring (bicyclic) bond motifs is 1. The maximum atomic E-state index is 12.6. The molecular formula is C14H22N2OS. The molecule has 2 aliphatic carbocycles. The van der Waals surface area contributed by atoms with Crippen LogP contribution in [0.15, 0.2) is 0 Å². The summed E-state index contributed by atoms with van der Waals surface area (Å²) < 4.78 is 0. The van der Waals surface area contributed by atoms with Crippen molar-refractivity contribution in [2.75, 3.05) is 13.1 Å². The molecule has 3 fully saturated rings. The van der Waals surface area contributed by atoms with Crippen molar-refractivity contribution in [3.05, 3.63) is 0 Å². The van der Waals surface area contributed by atoms with Crippen LogP contribution < -0.4 is 5.73 Å². The highest BCUT2D eigenvalue weighted by molar-refractivity contribution is 7.80. The third-order valence-electron chi connectivity index (χ3n) is 5.21. The predicted octanol–water partition coefficient (Wildman–Crippen LogP) is 2.09. The largest absolute Gasteiger partial charge is 0.392 e. The maximum absolute atomic E-state index is 12.6. The summed E-state index contributed by atoms with van der Waals surface area (Å²) in [5.41, 5.74) is 5.31. The minimum Gasteiger partial charge on any atom is -0.392 e. The molecule has 3 nitrogen and oxygen atoms in total. The average molecular weight is 266 g/mol. The second-order valence-corrected chi connectivity index (χ2v) is 6.73. The van der Waals surface area contributed by atoms with E-state index in [4.69, 9.17) is 18.0 Å². The third kappa shape index (κ3) is 1.94. The molecule has 1 aliphatic heterocycles. The van der Waals surface area contributed by atoms with Crippen molar-refractivity contribution in [2.45, 2.75) is 44.9 Å². The van der Waals surface area contributed by atoms with E-state index >= 15 is 0 Å². The van der Waals surface area contributed by atoms with Crippen LogP contribution in [0.4, 0.5) is 0 Å². The Kier molecular flexibility index (Phi) is 3.08. The van der Waals surface area contributed by atoms with Crippen molar-refractivity contribution in [2.24, 2.45) is 23.0 Å². The highest BCUT2D eigenvalue weighted by atomic mass is 32.1. The van der Waals surface area contributed by atoms with Gasteiger partial charge in [0, 0.05) is 13.1 Å². The van der Waals surface area contributed by atoms with E-state index in [0.717, 1.165) is 37.8 Å². The second kappa shape index (κ2) is 4.48. The van der Waals surface area contributed by atoms with Crippen molar-refractivity contribution in [3.63, 3.8) is 0 Å². The zero-order valence-electron chi connectivity index (χ0n) is 10.9. The van der Waals surface area contributed by atoms with E-state index in [2.05, 4.69) is 4.90 Å². The molecule has 0 aromatic carbocycles. The second-order valence-electron chi connectivity index (χ2n) is 6.29. The Hall–Kier alpha value is -0.640. The number of rotatable bonds is 2. The Bertz CT molecular complexity index is 378. The highest BCUT2D eigenvalue weighted by Gasteiger charge is 2.55. The van der Waals surface area contributed by atoms with Crippen molar-refractivity contribution in [1.29, 1.82) is 0 Å². The normalized spacial score (nSPS) is 33.7. The van der Waals surface area contributed by atoms with Gasteiger partial charge < -0.3 is 10.6 Å². The van der Waals surface area contributed by atoms with Gasteiger partial charge in [-0.1, -0.05) is 31.5 Å². The zero-order valence-corrected chi connectivity index (χ0v) is 11.7. The van der Waals surface area contributed by atoms with Gasteiger partial charge in [-0.2, -0.15) is 0 Å². The molecule has 2 unspecified atom stereocenters. The molecule has 0 aromatic heterocycles. The van der Waals surface area contributed by atoms with Gasteiger partial charge in [0.25, 0.3) is 0 Å². The summed E-state index contributed by atoms with van der Waals surface area (Å²) in [5.74, 6) is 1.82. The number of piperidine rings is 1. The van der Waals surface area contributed by atoms with Gasteiger partial charge in [0.2, 0.25) is 5.91 Å². The van der Waals surface area contributed by atoms with Crippen molar-refractivity contribution in [3.8, 4) is 0 Å². The van der Waals surface area contributed by atoms with Crippen LogP contribution in [0.1, 0.15) is 44.9 Å². The highest BCUT2D eigenvalue weighted by Crippen LogP contribution is 2.48. The van der Waals surface area contributed by atoms with Gasteiger partial charge in [0.15, 0.2) is 0 Å². The van der Waals surface area contributed by atoms with Gasteiger partial charge in [0.1, 0.15) is 0 Å². The van der Waals surface area contributed by atoms with E-state index in [0.29, 0.717) is 4.99 Å². The minimum atomic E-state index is -0.448. The molecule has 3 aliphatic rings. The monoisotopic (exact) mass is 266 g/mol. The van der Waals surface area contributed by atoms with Crippen molar-refractivity contribution < 1.29 is 4.79 Å². The molecule has 18 heavy (non-hydrogen) atoms. The first-order valence-electron chi connectivity index (χ1n) is 7.23. The van der Waals surface area contributed by atoms with Gasteiger partial charge in [-0.05, 0) is 37.5 Å². The molecule has 2 N–H and O–H groups in total. The molecule has 100 valence electrons. The van der Waals surface area contributed by atoms with Crippen molar-refractivity contribution >= 4 is 23.1 Å². The molecule has 0 spiro atoms. The lowest BCUT2D eigenvalue weighted by atomic mass is 9.75. The van der Waals surface area contributed by atoms with Gasteiger partial charge in [-0.25, -0.2) is 0 Å². The molecule has 4 heteroatoms. The summed E-state index contributed by atoms with van der Waals surface area (Å²) in [5, 5.41) is 0. The summed E-state index contributed by atoms with van der Waals surface area (Å²) in [6, 6.07) is 0. The van der Waals surface area contributed by atoms with Gasteiger partial charge in [0.05, 0.1) is 10.4 Å². The Morgan fingerprint density at radius 3 is 2.44 bits per heavy atom. The molecule has 2 saturated carbocycles. The van der Waals surface area contributed by atoms with Gasteiger partial charge in [-0.3, -0.25) is 4.79 Å². The molecule has 2 atom stereocenters. The summed E-state index contributed by atoms with van der Waals surface area (Å²) in [6.45, 7) is 1.87. The number of nitrogens with zero attached hydrogens (tertiary/aromatic N) is 1. The fraction of sp³-hybridized carbons (Fsp3) is 0.857. The van der Waals surface area contributed by atoms with E-state index < -0.39 is 5.41 Å². The first-order chi connectivity index (χ1) is 8.63. The summed E-state index contributed by atoms with van der Waals surface area (Å²) in [4.78, 5) is 15.0. The number of hydrogen-bond acceptors (Lipinski definition) is 2. The predicted molar refractivity (Wildman–Crippen MR) is 75.1 cm³/mol. The zero-order chi connectivity index (χ0) is 12.8. The summed E-state index contributed by atoms with van der Waals surface area (Å²) in [6.07, 6.45) is 8.30. The van der Waals surface area contributed by atoms with Crippen LogP contribution in [-0.4, -0.2) is 28.9 Å². The van der Waals surface area contributed by atoms with Crippen LogP contribution in [0.2, 0.25) is 0 Å². The van der Waals surface area contributed by atoms with E-state index in [-0.39, 0.29) is 5.91 Å². The van der Waals surface area contributed by atoms with Gasteiger partial charge in [-0.15, -0.1) is 0 Å². The molecule has 1 amide bonds. The minimum absolute atomic E-state index is 0.221. The third-order valence-corrected chi connectivity index (χ3v) is 5.60. The van der Waals surface area contributed by atoms with Crippen LogP contribution >= 0.6 is 12.2 Å². The Balaban J connectivity index is 1.67. The number of amides is 1. The molecular weight excluding hydrogens is 244 g/mol. The van der Waals surface area contributed by atoms with E-state index in [1.54, 1.807) is 0 Å². The van der Waals surface area contributed by atoms with Crippen LogP contribution in [0.3, 0.4) is 0 Å². The Morgan fingerprint density at radius 2 is 1.83 bits per heavy atom. The van der Waals surface area contributed by atoms with E-state index in [9.17, 15) is 4.79 Å². The standard InChI is InChI=1S/C14H22N2OS/c15-12(18)14(6-7-14)13(17)16-8-5-10-3-1-2-4-11(10)9-16/h10-11H,1-9H2,(H2,15,18). The molecule has 1 saturated heterocycles. The lowest BCUT2D eigenvalue weighted by Gasteiger charge is -2.42. The molecule has 3 rings (SSSR count). The first-order valence-corrected chi connectivity index (χ1v) is 7.63. The van der Waals surface area contributed by atoms with Crippen LogP contribution in [0, 0.1) is 17.3 Å². The smallest absolute Gasteiger partial charge is 0.235 e. The maximum Gasteiger partial charge on any atom is 0.235 e. The number of hydrogen-bond donors (Lipinski definition) is 1. The Morgan fingerprint density at radius 1 is 1.17 bits per heavy atom. The molecule has 1 heterocycles.